The van der Waals surface area contributed by atoms with Crippen molar-refractivity contribution in [2.75, 3.05) is 25.2 Å². The lowest BCUT2D eigenvalue weighted by Crippen LogP contribution is -2.44. The number of benzene rings is 1. The predicted molar refractivity (Wildman–Crippen MR) is 141 cm³/mol. The van der Waals surface area contributed by atoms with Crippen LogP contribution in [0, 0.1) is 0 Å². The number of carbonyl (C=O) groups excluding carboxylic acids is 1. The zero-order valence-corrected chi connectivity index (χ0v) is 23.0. The summed E-state index contributed by atoms with van der Waals surface area (Å²) < 4.78 is 37.0. The molecule has 2 unspecified atom stereocenters. The fourth-order valence-electron chi connectivity index (χ4n) is 4.45. The lowest BCUT2D eigenvalue weighted by molar-refractivity contribution is -0.150. The molecule has 16 heteroatoms. The van der Waals surface area contributed by atoms with Gasteiger partial charge in [0.05, 0.1) is 20.0 Å². The van der Waals surface area contributed by atoms with Crippen LogP contribution in [-0.2, 0) is 23.4 Å². The summed E-state index contributed by atoms with van der Waals surface area (Å²) in [6.07, 6.45) is -2.75. The Hall–Kier alpha value is -2.78. The summed E-state index contributed by atoms with van der Waals surface area (Å²) in [5.41, 5.74) is 5.33. The van der Waals surface area contributed by atoms with Crippen LogP contribution in [0.3, 0.4) is 0 Å². The van der Waals surface area contributed by atoms with Crippen molar-refractivity contribution in [3.8, 4) is 5.88 Å². The Kier molecular flexibility index (Phi) is 7.59. The first-order valence-corrected chi connectivity index (χ1v) is 15.3. The minimum Gasteiger partial charge on any atom is -0.479 e. The summed E-state index contributed by atoms with van der Waals surface area (Å²) in [7, 11) is 1.41. The highest BCUT2D eigenvalue weighted by Gasteiger charge is 2.54. The van der Waals surface area contributed by atoms with Gasteiger partial charge >= 0.3 is 12.7 Å². The average Bonchev–Trinajstić information content (AvgIpc) is 3.57. The van der Waals surface area contributed by atoms with Crippen LogP contribution < -0.4 is 15.6 Å². The van der Waals surface area contributed by atoms with Crippen LogP contribution in [0.25, 0.3) is 11.2 Å². The number of methoxy groups -OCH3 is 1. The Morgan fingerprint density at radius 1 is 1.38 bits per heavy atom. The summed E-state index contributed by atoms with van der Waals surface area (Å²) in [5.74, 6) is -0.310. The summed E-state index contributed by atoms with van der Waals surface area (Å²) in [6, 6.07) is 8.43. The number of hydrogen-bond acceptors (Lipinski definition) is 13. The quantitative estimate of drug-likeness (QED) is 0.221. The molecule has 2 saturated heterocycles. The molecule has 5 rings (SSSR count). The summed E-state index contributed by atoms with van der Waals surface area (Å²) in [5, 5.41) is 24.7. The van der Waals surface area contributed by atoms with E-state index in [1.807, 2.05) is 30.3 Å². The number of aliphatic hydroxyl groups excluding tert-OH is 1. The molecule has 7 atom stereocenters. The lowest BCUT2D eigenvalue weighted by Gasteiger charge is -2.27. The van der Waals surface area contributed by atoms with E-state index in [-0.39, 0.29) is 35.4 Å². The number of anilines is 1. The SMILES string of the molecule is COc1nc(N)nc2c1ncn2[C@@H]1OC(COP2(=O)N[C@@H](C(=O)O[C@@H](C)c3ccccc3)CS2)[C@@H](O)[C@@]1(C)O. The van der Waals surface area contributed by atoms with Crippen molar-refractivity contribution >= 4 is 41.2 Å². The van der Waals surface area contributed by atoms with E-state index in [4.69, 9.17) is 24.5 Å². The third-order valence-electron chi connectivity index (χ3n) is 6.59. The van der Waals surface area contributed by atoms with E-state index in [1.54, 1.807) is 6.92 Å². The largest absolute Gasteiger partial charge is 0.479 e. The summed E-state index contributed by atoms with van der Waals surface area (Å²) in [6.45, 7) is -0.719. The van der Waals surface area contributed by atoms with Gasteiger partial charge < -0.3 is 34.7 Å². The number of hydrogen-bond donors (Lipinski definition) is 4. The number of esters is 1. The monoisotopic (exact) mass is 580 g/mol. The molecule has 0 saturated carbocycles. The number of carbonyl (C=O) groups is 1. The molecule has 0 radical (unpaired) electrons. The standard InChI is InChI=1S/C23H29N6O8PS/c1-12(13-7-5-4-6-8-13)36-20(31)14-10-39-38(33,28-14)35-9-15-17(30)23(2,32)21(37-15)29-11-25-16-18(29)26-22(24)27-19(16)34-3/h4-8,11-12,14-15,17,21,30,32H,9-10H2,1-3H3,(H,28,33)(H2,24,26,27)/t12-,14+,15?,17+,21+,23+,38?/m0/s1. The predicted octanol–water partition coefficient (Wildman–Crippen LogP) is 1.56. The summed E-state index contributed by atoms with van der Waals surface area (Å²) in [4.78, 5) is 25.0. The molecule has 0 amide bonds. The van der Waals surface area contributed by atoms with Crippen molar-refractivity contribution < 1.29 is 38.3 Å². The van der Waals surface area contributed by atoms with E-state index in [2.05, 4.69) is 20.0 Å². The number of fused-ring (bicyclic) bond motifs is 1. The van der Waals surface area contributed by atoms with Crippen molar-refractivity contribution in [3.63, 3.8) is 0 Å². The molecule has 3 aromatic rings. The van der Waals surface area contributed by atoms with E-state index in [0.717, 1.165) is 16.9 Å². The molecule has 0 bridgehead atoms. The highest BCUT2D eigenvalue weighted by atomic mass is 32.7. The first-order chi connectivity index (χ1) is 18.5. The maximum Gasteiger partial charge on any atom is 0.327 e. The van der Waals surface area contributed by atoms with Crippen LogP contribution in [0.15, 0.2) is 36.7 Å². The molecule has 2 aliphatic heterocycles. The molecule has 210 valence electrons. The van der Waals surface area contributed by atoms with E-state index >= 15 is 0 Å². The third kappa shape index (κ3) is 5.35. The summed E-state index contributed by atoms with van der Waals surface area (Å²) >= 11 is 0.956. The van der Waals surface area contributed by atoms with E-state index in [9.17, 15) is 19.6 Å². The number of nitrogen functional groups attached to an aromatic ring is 1. The van der Waals surface area contributed by atoms with Crippen LogP contribution in [-0.4, -0.2) is 79.0 Å². The molecular weight excluding hydrogens is 551 g/mol. The number of aromatic nitrogens is 4. The minimum atomic E-state index is -3.53. The van der Waals surface area contributed by atoms with Crippen molar-refractivity contribution in [1.82, 2.24) is 24.6 Å². The highest BCUT2D eigenvalue weighted by molar-refractivity contribution is 8.56. The molecule has 2 fully saturated rings. The van der Waals surface area contributed by atoms with Gasteiger partial charge in [0, 0.05) is 5.75 Å². The Morgan fingerprint density at radius 2 is 2.13 bits per heavy atom. The number of nitrogens with two attached hydrogens (primary N) is 1. The van der Waals surface area contributed by atoms with Gasteiger partial charge in [0.15, 0.2) is 17.4 Å². The lowest BCUT2D eigenvalue weighted by atomic mass is 9.96. The maximum atomic E-state index is 13.3. The van der Waals surface area contributed by atoms with Crippen molar-refractivity contribution in [2.24, 2.45) is 0 Å². The molecule has 5 N–H and O–H groups in total. The zero-order valence-electron chi connectivity index (χ0n) is 21.3. The first-order valence-electron chi connectivity index (χ1n) is 12.0. The Bertz CT molecular complexity index is 1410. The van der Waals surface area contributed by atoms with Crippen molar-refractivity contribution in [3.05, 3.63) is 42.2 Å². The number of rotatable bonds is 8. The zero-order chi connectivity index (χ0) is 27.9. The molecule has 4 heterocycles. The average molecular weight is 581 g/mol. The number of imidazole rings is 1. The topological polar surface area (TPSA) is 193 Å². The Labute approximate surface area is 227 Å². The molecular formula is C23H29N6O8PS. The Balaban J connectivity index is 1.23. The third-order valence-corrected chi connectivity index (χ3v) is 10.6. The van der Waals surface area contributed by atoms with Crippen molar-refractivity contribution in [1.29, 1.82) is 0 Å². The van der Waals surface area contributed by atoms with E-state index < -0.39 is 48.9 Å². The number of aliphatic hydroxyl groups is 2. The molecule has 1 aromatic carbocycles. The number of ether oxygens (including phenoxy) is 3. The van der Waals surface area contributed by atoms with E-state index in [1.165, 1.54) is 24.9 Å². The van der Waals surface area contributed by atoms with Gasteiger partial charge in [-0.1, -0.05) is 41.7 Å². The van der Waals surface area contributed by atoms with Crippen LogP contribution in [0.1, 0.15) is 31.7 Å². The number of nitrogens with zero attached hydrogens (tertiary/aromatic N) is 4. The van der Waals surface area contributed by atoms with Crippen LogP contribution in [0.4, 0.5) is 5.95 Å². The van der Waals surface area contributed by atoms with Gasteiger partial charge in [-0.05, 0) is 19.4 Å². The molecule has 39 heavy (non-hydrogen) atoms. The molecule has 14 nitrogen and oxygen atoms in total. The minimum absolute atomic E-state index is 0.0761. The van der Waals surface area contributed by atoms with Crippen LogP contribution in [0.2, 0.25) is 0 Å². The number of nitrogens with one attached hydrogen (secondary N) is 1. The van der Waals surface area contributed by atoms with Gasteiger partial charge in [0.2, 0.25) is 11.8 Å². The molecule has 2 aliphatic rings. The second kappa shape index (κ2) is 10.7. The van der Waals surface area contributed by atoms with Crippen molar-refractivity contribution in [2.45, 2.75) is 50.0 Å². The smallest absolute Gasteiger partial charge is 0.327 e. The molecule has 2 aromatic heterocycles. The Morgan fingerprint density at radius 3 is 2.85 bits per heavy atom. The van der Waals surface area contributed by atoms with Gasteiger partial charge in [-0.15, -0.1) is 0 Å². The first kappa shape index (κ1) is 27.8. The van der Waals surface area contributed by atoms with E-state index in [0.29, 0.717) is 0 Å². The second-order valence-electron chi connectivity index (χ2n) is 9.37. The fraction of sp³-hybridized carbons (Fsp3) is 0.478. The normalized spacial score (nSPS) is 31.4. The van der Waals surface area contributed by atoms with Gasteiger partial charge in [-0.2, -0.15) is 9.97 Å². The molecule has 0 aliphatic carbocycles. The maximum absolute atomic E-state index is 13.3. The fourth-order valence-corrected chi connectivity index (χ4v) is 8.33. The highest BCUT2D eigenvalue weighted by Crippen LogP contribution is 2.61. The second-order valence-corrected chi connectivity index (χ2v) is 13.7. The van der Waals surface area contributed by atoms with Crippen LogP contribution >= 0.6 is 18.1 Å². The molecule has 0 spiro atoms. The van der Waals surface area contributed by atoms with Gasteiger partial charge in [-0.25, -0.2) is 10.1 Å². The van der Waals surface area contributed by atoms with Crippen LogP contribution in [0.5, 0.6) is 5.88 Å². The van der Waals surface area contributed by atoms with Gasteiger partial charge in [0.1, 0.15) is 30.0 Å². The van der Waals surface area contributed by atoms with Gasteiger partial charge in [-0.3, -0.25) is 13.9 Å². The van der Waals surface area contributed by atoms with Gasteiger partial charge in [0.25, 0.3) is 0 Å².